The van der Waals surface area contributed by atoms with Crippen LogP contribution in [0.2, 0.25) is 0 Å². The summed E-state index contributed by atoms with van der Waals surface area (Å²) in [6.07, 6.45) is 8.74. The molecule has 0 heterocycles. The molecule has 0 aromatic heterocycles. The monoisotopic (exact) mass is 306 g/mol. The molecule has 22 heavy (non-hydrogen) atoms. The van der Waals surface area contributed by atoms with Crippen LogP contribution in [-0.4, -0.2) is 0 Å². The highest BCUT2D eigenvalue weighted by Crippen LogP contribution is 2.52. The highest BCUT2D eigenvalue weighted by atomic mass is 14.5. The van der Waals surface area contributed by atoms with E-state index in [1.165, 1.54) is 38.5 Å². The van der Waals surface area contributed by atoms with Crippen LogP contribution in [0.15, 0.2) is 0 Å². The minimum absolute atomic E-state index is 0.942. The van der Waals surface area contributed by atoms with Gasteiger partial charge >= 0.3 is 0 Å². The standard InChI is InChI=1S/C22H42/c1-8-19(9-2)20-12-17(6)22(18(7)13-20)21-15(4)10-14(3)11-16(21)5/h14-22H,8-13H2,1-7H3/t14?,15-,16+,17-,18+,20?,21?,22?. The Balaban J connectivity index is 2.09. The van der Waals surface area contributed by atoms with Gasteiger partial charge in [-0.25, -0.2) is 0 Å². The molecular formula is C22H42. The molecule has 0 aromatic carbocycles. The van der Waals surface area contributed by atoms with E-state index in [9.17, 15) is 0 Å². The highest BCUT2D eigenvalue weighted by molar-refractivity contribution is 4.93. The molecule has 0 aromatic rings. The lowest BCUT2D eigenvalue weighted by Crippen LogP contribution is -2.43. The minimum Gasteiger partial charge on any atom is -0.0651 e. The molecule has 2 saturated carbocycles. The molecule has 0 aliphatic heterocycles. The summed E-state index contributed by atoms with van der Waals surface area (Å²) in [5.41, 5.74) is 0. The van der Waals surface area contributed by atoms with E-state index in [1.807, 2.05) is 0 Å². The van der Waals surface area contributed by atoms with E-state index in [1.54, 1.807) is 0 Å². The van der Waals surface area contributed by atoms with Gasteiger partial charge in [-0.05, 0) is 78.9 Å². The van der Waals surface area contributed by atoms with Gasteiger partial charge in [0, 0.05) is 0 Å². The summed E-state index contributed by atoms with van der Waals surface area (Å²) in [5.74, 6) is 8.68. The SMILES string of the molecule is CCC(CC)C1C[C@@H](C)C(C2[C@H](C)CC(C)C[C@@H]2C)[C@@H](C)C1. The van der Waals surface area contributed by atoms with Crippen molar-refractivity contribution in [3.8, 4) is 0 Å². The van der Waals surface area contributed by atoms with E-state index in [-0.39, 0.29) is 0 Å². The van der Waals surface area contributed by atoms with Crippen LogP contribution in [0.25, 0.3) is 0 Å². The second-order valence-electron chi connectivity index (χ2n) is 9.45. The third-order valence-electron chi connectivity index (χ3n) is 7.69. The fourth-order valence-corrected chi connectivity index (χ4v) is 7.02. The van der Waals surface area contributed by atoms with Crippen molar-refractivity contribution < 1.29 is 0 Å². The fraction of sp³-hybridized carbons (Fsp3) is 1.00. The quantitative estimate of drug-likeness (QED) is 0.522. The van der Waals surface area contributed by atoms with Gasteiger partial charge in [0.1, 0.15) is 0 Å². The van der Waals surface area contributed by atoms with Gasteiger partial charge in [-0.2, -0.15) is 0 Å². The summed E-state index contributed by atoms with van der Waals surface area (Å²) >= 11 is 0. The van der Waals surface area contributed by atoms with Crippen LogP contribution in [0.4, 0.5) is 0 Å². The van der Waals surface area contributed by atoms with E-state index in [0.717, 1.165) is 53.3 Å². The zero-order valence-corrected chi connectivity index (χ0v) is 16.4. The molecule has 0 nitrogen and oxygen atoms in total. The van der Waals surface area contributed by atoms with Gasteiger partial charge in [-0.1, -0.05) is 61.3 Å². The summed E-state index contributed by atoms with van der Waals surface area (Å²) in [7, 11) is 0. The van der Waals surface area contributed by atoms with Crippen molar-refractivity contribution in [3.05, 3.63) is 0 Å². The van der Waals surface area contributed by atoms with Crippen LogP contribution in [0.5, 0.6) is 0 Å². The summed E-state index contributed by atoms with van der Waals surface area (Å²) in [5, 5.41) is 0. The van der Waals surface area contributed by atoms with Gasteiger partial charge in [0.15, 0.2) is 0 Å². The van der Waals surface area contributed by atoms with Crippen molar-refractivity contribution in [2.24, 2.45) is 53.3 Å². The smallest absolute Gasteiger partial charge is 0.0329 e. The molecule has 2 aliphatic carbocycles. The molecule has 0 spiro atoms. The topological polar surface area (TPSA) is 0 Å². The maximum absolute atomic E-state index is 2.59. The van der Waals surface area contributed by atoms with E-state index in [4.69, 9.17) is 0 Å². The molecule has 4 unspecified atom stereocenters. The van der Waals surface area contributed by atoms with Crippen molar-refractivity contribution in [1.82, 2.24) is 0 Å². The van der Waals surface area contributed by atoms with E-state index in [0.29, 0.717) is 0 Å². The largest absolute Gasteiger partial charge is 0.0651 e. The summed E-state index contributed by atoms with van der Waals surface area (Å²) in [4.78, 5) is 0. The Bertz CT molecular complexity index is 305. The van der Waals surface area contributed by atoms with Crippen LogP contribution >= 0.6 is 0 Å². The van der Waals surface area contributed by atoms with Gasteiger partial charge in [0.2, 0.25) is 0 Å². The normalized spacial score (nSPS) is 46.9. The third-order valence-corrected chi connectivity index (χ3v) is 7.69. The van der Waals surface area contributed by atoms with Gasteiger partial charge < -0.3 is 0 Å². The summed E-state index contributed by atoms with van der Waals surface area (Å²) in [6.45, 7) is 17.6. The Morgan fingerprint density at radius 1 is 0.636 bits per heavy atom. The van der Waals surface area contributed by atoms with Crippen molar-refractivity contribution in [2.45, 2.75) is 87.0 Å². The molecule has 2 aliphatic rings. The molecule has 8 atom stereocenters. The molecule has 0 bridgehead atoms. The molecular weight excluding hydrogens is 264 g/mol. The first kappa shape index (κ1) is 18.3. The maximum Gasteiger partial charge on any atom is -0.0329 e. The Morgan fingerprint density at radius 2 is 1.00 bits per heavy atom. The average molecular weight is 307 g/mol. The predicted molar refractivity (Wildman–Crippen MR) is 98.8 cm³/mol. The van der Waals surface area contributed by atoms with E-state index < -0.39 is 0 Å². The predicted octanol–water partition coefficient (Wildman–Crippen LogP) is 7.04. The molecule has 2 rings (SSSR count). The summed E-state index contributed by atoms with van der Waals surface area (Å²) in [6, 6.07) is 0. The lowest BCUT2D eigenvalue weighted by atomic mass is 9.54. The van der Waals surface area contributed by atoms with E-state index >= 15 is 0 Å². The van der Waals surface area contributed by atoms with Crippen LogP contribution < -0.4 is 0 Å². The van der Waals surface area contributed by atoms with Crippen molar-refractivity contribution in [3.63, 3.8) is 0 Å². The van der Waals surface area contributed by atoms with Crippen LogP contribution in [0.1, 0.15) is 87.0 Å². The Kier molecular flexibility index (Phi) is 6.43. The molecule has 0 saturated heterocycles. The van der Waals surface area contributed by atoms with E-state index in [2.05, 4.69) is 48.5 Å². The lowest BCUT2D eigenvalue weighted by Gasteiger charge is -2.51. The zero-order valence-electron chi connectivity index (χ0n) is 16.4. The fourth-order valence-electron chi connectivity index (χ4n) is 7.02. The van der Waals surface area contributed by atoms with Crippen molar-refractivity contribution in [1.29, 1.82) is 0 Å². The van der Waals surface area contributed by atoms with Gasteiger partial charge in [0.25, 0.3) is 0 Å². The highest BCUT2D eigenvalue weighted by Gasteiger charge is 2.44. The van der Waals surface area contributed by atoms with Gasteiger partial charge in [-0.3, -0.25) is 0 Å². The molecule has 0 N–H and O–H groups in total. The molecule has 0 radical (unpaired) electrons. The first-order chi connectivity index (χ1) is 10.4. The second-order valence-corrected chi connectivity index (χ2v) is 9.45. The first-order valence-electron chi connectivity index (χ1n) is 10.4. The molecule has 0 amide bonds. The van der Waals surface area contributed by atoms with Crippen molar-refractivity contribution >= 4 is 0 Å². The Hall–Kier alpha value is 0. The van der Waals surface area contributed by atoms with Crippen molar-refractivity contribution in [2.75, 3.05) is 0 Å². The van der Waals surface area contributed by atoms with Crippen LogP contribution in [0.3, 0.4) is 0 Å². The number of hydrogen-bond acceptors (Lipinski definition) is 0. The Labute approximate surface area is 140 Å². The summed E-state index contributed by atoms with van der Waals surface area (Å²) < 4.78 is 0. The van der Waals surface area contributed by atoms with Crippen LogP contribution in [0, 0.1) is 53.3 Å². The average Bonchev–Trinajstić information content (AvgIpc) is 2.42. The minimum atomic E-state index is 0.942. The van der Waals surface area contributed by atoms with Crippen LogP contribution in [-0.2, 0) is 0 Å². The molecule has 130 valence electrons. The number of hydrogen-bond donors (Lipinski definition) is 0. The lowest BCUT2D eigenvalue weighted by molar-refractivity contribution is -0.0182. The number of rotatable bonds is 4. The molecule has 0 heteroatoms. The maximum atomic E-state index is 2.59. The Morgan fingerprint density at radius 3 is 1.36 bits per heavy atom. The first-order valence-corrected chi connectivity index (χ1v) is 10.4. The zero-order chi connectivity index (χ0) is 16.4. The van der Waals surface area contributed by atoms with Gasteiger partial charge in [0.05, 0.1) is 0 Å². The second kappa shape index (κ2) is 7.71. The van der Waals surface area contributed by atoms with Gasteiger partial charge in [-0.15, -0.1) is 0 Å². The third kappa shape index (κ3) is 3.73. The molecule has 2 fully saturated rings.